The van der Waals surface area contributed by atoms with Crippen LogP contribution < -0.4 is 4.90 Å². The molecule has 0 atom stereocenters. The second-order valence-corrected chi connectivity index (χ2v) is 15.9. The minimum atomic E-state index is -4.61. The lowest BCUT2D eigenvalue weighted by Gasteiger charge is -2.28. The second kappa shape index (κ2) is 16.4. The van der Waals surface area contributed by atoms with Crippen LogP contribution in [0.25, 0.3) is 0 Å². The molecule has 4 aromatic rings. The van der Waals surface area contributed by atoms with Crippen molar-refractivity contribution in [1.82, 2.24) is 0 Å². The fourth-order valence-corrected chi connectivity index (χ4v) is 5.92. The van der Waals surface area contributed by atoms with E-state index >= 15 is 0 Å². The second-order valence-electron chi connectivity index (χ2n) is 14.5. The number of hydrogen-bond acceptors (Lipinski definition) is 8. The Hall–Kier alpha value is -4.58. The number of carbonyl (C=O) groups is 1. The van der Waals surface area contributed by atoms with Crippen LogP contribution in [-0.4, -0.2) is 42.1 Å². The maximum Gasteiger partial charge on any atom is 0.338 e. The standard InChI is InChI=1S/C33H43NO3.C6H5NO5S/c1-23-13-9-11-15-25(23)21-34(22-26-16-12-10-14-24(26)2)17-18-37-31(36)27-19-28(32(3,4)5)30(35)29(20-27)33(6,7)8;8-7(9)5-2-1-3-6(4-5)13(10,11)12/h9-16,19-20,35H,17-18,21-22H2,1-8H3;1-4H,(H,10,11,12). The van der Waals surface area contributed by atoms with Crippen molar-refractivity contribution in [2.24, 2.45) is 0 Å². The number of esters is 1. The van der Waals surface area contributed by atoms with Crippen molar-refractivity contribution in [3.63, 3.8) is 0 Å². The minimum Gasteiger partial charge on any atom is -0.744 e. The van der Waals surface area contributed by atoms with Gasteiger partial charge in [0, 0.05) is 34.4 Å². The number of ether oxygens (including phenoxy) is 1. The minimum absolute atomic E-state index is 0.267. The number of rotatable bonds is 10. The molecular formula is C39H48N2O8S. The number of phenolic OH excluding ortho intramolecular Hbond substituents is 1. The Balaban J connectivity index is 0.000000436. The third-order valence-electron chi connectivity index (χ3n) is 8.37. The van der Waals surface area contributed by atoms with E-state index in [1.54, 1.807) is 12.1 Å². The summed E-state index contributed by atoms with van der Waals surface area (Å²) in [5, 5.41) is 21.2. The van der Waals surface area contributed by atoms with Crippen molar-refractivity contribution in [3.05, 3.63) is 134 Å². The predicted octanol–water partition coefficient (Wildman–Crippen LogP) is 6.55. The Labute approximate surface area is 295 Å². The van der Waals surface area contributed by atoms with Crippen molar-refractivity contribution in [3.8, 4) is 5.75 Å². The molecule has 0 bridgehead atoms. The molecule has 0 heterocycles. The number of nitro groups is 1. The van der Waals surface area contributed by atoms with E-state index in [1.807, 2.05) is 41.5 Å². The summed E-state index contributed by atoms with van der Waals surface area (Å²) in [4.78, 5) is 23.4. The van der Waals surface area contributed by atoms with E-state index in [0.29, 0.717) is 18.7 Å². The number of hydrogen-bond donors (Lipinski definition) is 2. The number of nitro benzene ring substituents is 1. The Kier molecular flexibility index (Phi) is 13.1. The number of quaternary nitrogens is 1. The molecule has 0 spiro atoms. The summed E-state index contributed by atoms with van der Waals surface area (Å²) in [5.41, 5.74) is 6.15. The molecule has 0 amide bonds. The highest BCUT2D eigenvalue weighted by molar-refractivity contribution is 7.85. The first-order valence-electron chi connectivity index (χ1n) is 16.4. The van der Waals surface area contributed by atoms with Crippen LogP contribution in [-0.2, 0) is 38.8 Å². The van der Waals surface area contributed by atoms with E-state index in [-0.39, 0.29) is 22.5 Å². The van der Waals surface area contributed by atoms with E-state index in [2.05, 4.69) is 62.4 Å². The van der Waals surface area contributed by atoms with Crippen molar-refractivity contribution in [1.29, 1.82) is 0 Å². The summed E-state index contributed by atoms with van der Waals surface area (Å²) in [5.74, 6) is -0.0780. The van der Waals surface area contributed by atoms with E-state index in [9.17, 15) is 33.0 Å². The zero-order valence-corrected chi connectivity index (χ0v) is 30.9. The molecule has 2 N–H and O–H groups in total. The monoisotopic (exact) mass is 704 g/mol. The summed E-state index contributed by atoms with van der Waals surface area (Å²) in [6, 6.07) is 24.5. The zero-order valence-electron chi connectivity index (χ0n) is 30.1. The lowest BCUT2D eigenvalue weighted by Crippen LogP contribution is -3.10. The van der Waals surface area contributed by atoms with Gasteiger partial charge in [-0.25, -0.2) is 13.2 Å². The van der Waals surface area contributed by atoms with Gasteiger partial charge in [-0.1, -0.05) is 96.1 Å². The van der Waals surface area contributed by atoms with E-state index in [1.165, 1.54) is 27.2 Å². The summed E-state index contributed by atoms with van der Waals surface area (Å²) in [6.07, 6.45) is 0. The molecule has 10 nitrogen and oxygen atoms in total. The van der Waals surface area contributed by atoms with Gasteiger partial charge in [0.1, 0.15) is 42.1 Å². The number of aryl methyl sites for hydroxylation is 2. The molecule has 0 unspecified atom stereocenters. The SMILES string of the molecule is Cc1ccccc1C[NH+](CCOC(=O)c1cc(C(C)(C)C)c(O)c(C(C)(C)C)c1)Cc1ccccc1C.O=[N+]([O-])c1cccc(S(=O)(=O)[O-])c1. The largest absolute Gasteiger partial charge is 0.744 e. The number of nitrogens with one attached hydrogen (secondary N) is 1. The highest BCUT2D eigenvalue weighted by Gasteiger charge is 2.28. The van der Waals surface area contributed by atoms with Gasteiger partial charge < -0.3 is 19.3 Å². The third kappa shape index (κ3) is 11.2. The normalized spacial score (nSPS) is 11.9. The summed E-state index contributed by atoms with van der Waals surface area (Å²) in [6.45, 7) is 19.3. The molecule has 0 aliphatic heterocycles. The van der Waals surface area contributed by atoms with Gasteiger partial charge in [0.25, 0.3) is 5.69 Å². The van der Waals surface area contributed by atoms with Gasteiger partial charge in [-0.05, 0) is 54.0 Å². The van der Waals surface area contributed by atoms with Crippen molar-refractivity contribution in [2.45, 2.75) is 84.2 Å². The molecule has 11 heteroatoms. The molecule has 0 saturated heterocycles. The average molecular weight is 705 g/mol. The van der Waals surface area contributed by atoms with Crippen LogP contribution in [0.4, 0.5) is 5.69 Å². The van der Waals surface area contributed by atoms with Gasteiger partial charge in [-0.15, -0.1) is 0 Å². The van der Waals surface area contributed by atoms with Gasteiger partial charge in [0.05, 0.1) is 15.4 Å². The Bertz CT molecular complexity index is 1840. The first-order chi connectivity index (χ1) is 23.2. The molecule has 0 aromatic heterocycles. The fourth-order valence-electron chi connectivity index (χ4n) is 5.41. The summed E-state index contributed by atoms with van der Waals surface area (Å²) < 4.78 is 37.1. The number of benzene rings is 4. The van der Waals surface area contributed by atoms with Gasteiger partial charge >= 0.3 is 5.97 Å². The number of carbonyl (C=O) groups excluding carboxylic acids is 1. The maximum absolute atomic E-state index is 13.2. The predicted molar refractivity (Wildman–Crippen MR) is 192 cm³/mol. The van der Waals surface area contributed by atoms with Crippen LogP contribution in [0.5, 0.6) is 5.75 Å². The molecule has 50 heavy (non-hydrogen) atoms. The summed E-state index contributed by atoms with van der Waals surface area (Å²) in [7, 11) is -4.61. The van der Waals surface area contributed by atoms with Crippen LogP contribution >= 0.6 is 0 Å². The van der Waals surface area contributed by atoms with Crippen LogP contribution in [0.1, 0.15) is 85.3 Å². The molecule has 268 valence electrons. The third-order valence-corrected chi connectivity index (χ3v) is 9.20. The molecule has 4 rings (SSSR count). The maximum atomic E-state index is 13.2. The van der Waals surface area contributed by atoms with Gasteiger partial charge in [-0.3, -0.25) is 10.1 Å². The Morgan fingerprint density at radius 3 is 1.70 bits per heavy atom. The Morgan fingerprint density at radius 1 is 0.800 bits per heavy atom. The van der Waals surface area contributed by atoms with Crippen LogP contribution in [0, 0.1) is 24.0 Å². The molecule has 0 radical (unpaired) electrons. The lowest BCUT2D eigenvalue weighted by molar-refractivity contribution is -0.927. The summed E-state index contributed by atoms with van der Waals surface area (Å²) >= 11 is 0. The number of non-ortho nitro benzene ring substituents is 1. The van der Waals surface area contributed by atoms with Crippen molar-refractivity contribution < 1.29 is 37.4 Å². The average Bonchev–Trinajstić information content (AvgIpc) is 3.02. The molecular weight excluding hydrogens is 657 g/mol. The molecule has 0 aliphatic carbocycles. The smallest absolute Gasteiger partial charge is 0.338 e. The van der Waals surface area contributed by atoms with E-state index < -0.39 is 25.6 Å². The van der Waals surface area contributed by atoms with E-state index in [0.717, 1.165) is 48.5 Å². The molecule has 0 fully saturated rings. The van der Waals surface area contributed by atoms with Crippen molar-refractivity contribution in [2.75, 3.05) is 13.2 Å². The van der Waals surface area contributed by atoms with Gasteiger partial charge in [0.2, 0.25) is 0 Å². The molecule has 0 aliphatic rings. The van der Waals surface area contributed by atoms with Crippen LogP contribution in [0.3, 0.4) is 0 Å². The molecule has 0 saturated carbocycles. The lowest BCUT2D eigenvalue weighted by atomic mass is 9.78. The highest BCUT2D eigenvalue weighted by atomic mass is 32.2. The van der Waals surface area contributed by atoms with Gasteiger partial charge in [0.15, 0.2) is 0 Å². The number of nitrogens with zero attached hydrogens (tertiary/aromatic N) is 1. The van der Waals surface area contributed by atoms with Crippen LogP contribution in [0.2, 0.25) is 0 Å². The van der Waals surface area contributed by atoms with E-state index in [4.69, 9.17) is 4.74 Å². The quantitative estimate of drug-likeness (QED) is 0.0817. The van der Waals surface area contributed by atoms with Gasteiger partial charge in [-0.2, -0.15) is 0 Å². The highest BCUT2D eigenvalue weighted by Crippen LogP contribution is 2.40. The number of phenols is 1. The topological polar surface area (TPSA) is 151 Å². The van der Waals surface area contributed by atoms with Crippen molar-refractivity contribution >= 4 is 21.8 Å². The van der Waals surface area contributed by atoms with Crippen LogP contribution in [0.15, 0.2) is 89.8 Å². The first-order valence-corrected chi connectivity index (χ1v) is 17.8. The first kappa shape index (κ1) is 39.9. The Morgan fingerprint density at radius 2 is 1.28 bits per heavy atom. The fraction of sp³-hybridized carbons (Fsp3) is 0.359. The zero-order chi connectivity index (χ0) is 37.4. The number of aromatic hydroxyl groups is 1. The molecule has 4 aromatic carbocycles.